The maximum absolute atomic E-state index is 15.2. The van der Waals surface area contributed by atoms with E-state index < -0.39 is 29.5 Å². The zero-order valence-electron chi connectivity index (χ0n) is 25.6. The third-order valence-electron chi connectivity index (χ3n) is 10.1. The van der Waals surface area contributed by atoms with E-state index in [1.165, 1.54) is 10.7 Å². The molecule has 4 aliphatic rings. The Bertz CT molecular complexity index is 1800. The van der Waals surface area contributed by atoms with Crippen LogP contribution in [0.4, 0.5) is 30.4 Å². The van der Waals surface area contributed by atoms with Gasteiger partial charge in [-0.1, -0.05) is 18.2 Å². The summed E-state index contributed by atoms with van der Waals surface area (Å²) in [6.45, 7) is 2.61. The van der Waals surface area contributed by atoms with Crippen molar-refractivity contribution in [2.24, 2.45) is 5.41 Å². The van der Waals surface area contributed by atoms with Crippen molar-refractivity contribution in [1.82, 2.24) is 35.1 Å². The molecule has 6 heterocycles. The van der Waals surface area contributed by atoms with Crippen LogP contribution < -0.4 is 20.9 Å². The number of alkyl halides is 3. The van der Waals surface area contributed by atoms with Gasteiger partial charge in [0, 0.05) is 56.6 Å². The SMILES string of the molecule is CNc1cc(N2CCc3c(-c4ccc(CN5CCC6(CCNC6)C(F)(F)C5)cn4)cccc32)nn2c(C(=O)N[C@@H]3C[C@@H]3F)cnc12. The summed E-state index contributed by atoms with van der Waals surface area (Å²) in [5.41, 5.74) is 5.42. The maximum atomic E-state index is 15.2. The van der Waals surface area contributed by atoms with E-state index in [-0.39, 0.29) is 12.2 Å². The molecule has 0 bridgehead atoms. The zero-order chi connectivity index (χ0) is 31.6. The summed E-state index contributed by atoms with van der Waals surface area (Å²) in [5.74, 6) is -2.48. The van der Waals surface area contributed by atoms with Crippen molar-refractivity contribution in [1.29, 1.82) is 0 Å². The summed E-state index contributed by atoms with van der Waals surface area (Å²) in [7, 11) is 1.79. The lowest BCUT2D eigenvalue weighted by Crippen LogP contribution is -2.56. The molecule has 3 aromatic heterocycles. The van der Waals surface area contributed by atoms with Gasteiger partial charge in [-0.2, -0.15) is 0 Å². The number of hydrogen-bond acceptors (Lipinski definition) is 8. The highest BCUT2D eigenvalue weighted by atomic mass is 19.3. The first-order valence-corrected chi connectivity index (χ1v) is 15.9. The molecule has 1 unspecified atom stereocenters. The molecule has 1 amide bonds. The van der Waals surface area contributed by atoms with Gasteiger partial charge in [-0.25, -0.2) is 22.7 Å². The highest BCUT2D eigenvalue weighted by Crippen LogP contribution is 2.48. The van der Waals surface area contributed by atoms with Crippen molar-refractivity contribution in [3.05, 3.63) is 65.6 Å². The highest BCUT2D eigenvalue weighted by molar-refractivity contribution is 5.94. The van der Waals surface area contributed by atoms with Crippen LogP contribution in [0.2, 0.25) is 0 Å². The normalized spacial score (nSPS) is 25.3. The summed E-state index contributed by atoms with van der Waals surface area (Å²) in [6, 6.07) is 11.5. The minimum atomic E-state index is -2.71. The van der Waals surface area contributed by atoms with Crippen LogP contribution in [0.5, 0.6) is 0 Å². The van der Waals surface area contributed by atoms with Crippen LogP contribution in [-0.2, 0) is 13.0 Å². The smallest absolute Gasteiger partial charge is 0.271 e. The molecular formula is C33H36F3N9O. The minimum absolute atomic E-state index is 0.225. The van der Waals surface area contributed by atoms with E-state index in [2.05, 4.69) is 31.9 Å². The number of carbonyl (C=O) groups excluding carboxylic acids is 1. The fourth-order valence-electron chi connectivity index (χ4n) is 7.32. The van der Waals surface area contributed by atoms with E-state index in [1.807, 2.05) is 35.2 Å². The summed E-state index contributed by atoms with van der Waals surface area (Å²) in [4.78, 5) is 26.0. The second-order valence-electron chi connectivity index (χ2n) is 13.0. The van der Waals surface area contributed by atoms with Crippen LogP contribution in [0.3, 0.4) is 0 Å². The number of anilines is 3. The first kappa shape index (κ1) is 29.2. The number of aromatic nitrogens is 4. The second kappa shape index (κ2) is 10.9. The van der Waals surface area contributed by atoms with Crippen molar-refractivity contribution in [3.63, 3.8) is 0 Å². The van der Waals surface area contributed by atoms with Gasteiger partial charge in [-0.05, 0) is 55.6 Å². The van der Waals surface area contributed by atoms with Gasteiger partial charge in [0.25, 0.3) is 11.8 Å². The molecule has 46 heavy (non-hydrogen) atoms. The Morgan fingerprint density at radius 2 is 2.00 bits per heavy atom. The third-order valence-corrected chi connectivity index (χ3v) is 10.1. The molecule has 3 N–H and O–H groups in total. The molecule has 1 aliphatic carbocycles. The van der Waals surface area contributed by atoms with Crippen LogP contribution in [0.1, 0.15) is 40.9 Å². The first-order chi connectivity index (χ1) is 22.2. The third kappa shape index (κ3) is 4.87. The van der Waals surface area contributed by atoms with Crippen LogP contribution in [0, 0.1) is 5.41 Å². The number of pyridine rings is 1. The number of nitrogens with one attached hydrogen (secondary N) is 3. The van der Waals surface area contributed by atoms with Crippen molar-refractivity contribution in [2.45, 2.75) is 50.4 Å². The number of hydrogen-bond donors (Lipinski definition) is 3. The molecule has 3 aliphatic heterocycles. The number of imidazole rings is 1. The molecule has 1 saturated carbocycles. The van der Waals surface area contributed by atoms with Crippen LogP contribution in [0.15, 0.2) is 48.8 Å². The zero-order valence-corrected chi connectivity index (χ0v) is 25.6. The predicted octanol–water partition coefficient (Wildman–Crippen LogP) is 4.19. The number of halogens is 3. The minimum Gasteiger partial charge on any atom is -0.385 e. The fourth-order valence-corrected chi connectivity index (χ4v) is 7.32. The molecule has 8 rings (SSSR count). The molecule has 2 saturated heterocycles. The molecule has 240 valence electrons. The topological polar surface area (TPSA) is 103 Å². The number of rotatable bonds is 7. The van der Waals surface area contributed by atoms with Gasteiger partial charge < -0.3 is 20.9 Å². The summed E-state index contributed by atoms with van der Waals surface area (Å²) < 4.78 is 45.3. The quantitative estimate of drug-likeness (QED) is 0.279. The van der Waals surface area contributed by atoms with Gasteiger partial charge in [-0.15, -0.1) is 5.10 Å². The standard InChI is InChI=1S/C33H36F3N9O/c1-37-26-14-29(42-45-28(16-40-30(26)45)31(46)41-25-13-23(25)34)44-11-7-22-21(3-2-4-27(22)44)24-6-5-20(15-39-24)17-43-12-9-32(8-10-38-18-32)33(35,36)19-43/h2-6,14-16,23,25,37-38H,7-13,17-19H2,1H3,(H,41,46)/t23-,25+,32?/m0/s1. The lowest BCUT2D eigenvalue weighted by molar-refractivity contribution is -0.162. The molecule has 0 radical (unpaired) electrons. The van der Waals surface area contributed by atoms with E-state index in [1.54, 1.807) is 13.2 Å². The molecule has 1 aromatic carbocycles. The van der Waals surface area contributed by atoms with Crippen molar-refractivity contribution >= 4 is 28.7 Å². The lowest BCUT2D eigenvalue weighted by Gasteiger charge is -2.45. The average molecular weight is 632 g/mol. The molecule has 1 spiro atoms. The monoisotopic (exact) mass is 631 g/mol. The summed E-state index contributed by atoms with van der Waals surface area (Å²) in [5, 5.41) is 13.8. The Morgan fingerprint density at radius 1 is 1.13 bits per heavy atom. The van der Waals surface area contributed by atoms with E-state index in [9.17, 15) is 9.18 Å². The van der Waals surface area contributed by atoms with Gasteiger partial charge in [0.15, 0.2) is 17.2 Å². The Balaban J connectivity index is 1.03. The fraction of sp³-hybridized carbons (Fsp3) is 0.455. The number of carbonyl (C=O) groups is 1. The van der Waals surface area contributed by atoms with Gasteiger partial charge in [0.1, 0.15) is 6.17 Å². The molecule has 13 heteroatoms. The average Bonchev–Trinajstić information content (AvgIpc) is 3.48. The lowest BCUT2D eigenvalue weighted by atomic mass is 9.74. The van der Waals surface area contributed by atoms with Crippen molar-refractivity contribution < 1.29 is 18.0 Å². The summed E-state index contributed by atoms with van der Waals surface area (Å²) >= 11 is 0. The summed E-state index contributed by atoms with van der Waals surface area (Å²) in [6.07, 6.45) is 4.37. The Hall–Kier alpha value is -4.23. The predicted molar refractivity (Wildman–Crippen MR) is 168 cm³/mol. The van der Waals surface area contributed by atoms with Crippen molar-refractivity contribution in [3.8, 4) is 11.3 Å². The Kier molecular flexibility index (Phi) is 6.94. The number of nitrogens with zero attached hydrogens (tertiary/aromatic N) is 6. The van der Waals surface area contributed by atoms with Gasteiger partial charge in [0.05, 0.1) is 35.6 Å². The number of benzene rings is 1. The van der Waals surface area contributed by atoms with Crippen LogP contribution in [0.25, 0.3) is 16.9 Å². The molecule has 4 aromatic rings. The number of fused-ring (bicyclic) bond motifs is 2. The number of likely N-dealkylation sites (tertiary alicyclic amines) is 1. The van der Waals surface area contributed by atoms with Crippen LogP contribution >= 0.6 is 0 Å². The van der Waals surface area contributed by atoms with E-state index >= 15 is 8.78 Å². The van der Waals surface area contributed by atoms with E-state index in [4.69, 9.17) is 10.1 Å². The van der Waals surface area contributed by atoms with E-state index in [0.29, 0.717) is 69.1 Å². The highest BCUT2D eigenvalue weighted by Gasteiger charge is 2.57. The largest absolute Gasteiger partial charge is 0.385 e. The Morgan fingerprint density at radius 3 is 2.72 bits per heavy atom. The molecular weight excluding hydrogens is 595 g/mol. The Labute approximate surface area is 264 Å². The van der Waals surface area contributed by atoms with E-state index in [0.717, 1.165) is 34.5 Å². The molecule has 3 fully saturated rings. The molecule has 3 atom stereocenters. The first-order valence-electron chi connectivity index (χ1n) is 15.9. The maximum Gasteiger partial charge on any atom is 0.271 e. The van der Waals surface area contributed by atoms with Crippen molar-refractivity contribution in [2.75, 3.05) is 50.0 Å². The van der Waals surface area contributed by atoms with Gasteiger partial charge in [-0.3, -0.25) is 14.7 Å². The number of piperidine rings is 1. The number of amides is 1. The molecule has 10 nitrogen and oxygen atoms in total. The van der Waals surface area contributed by atoms with Gasteiger partial charge in [0.2, 0.25) is 0 Å². The van der Waals surface area contributed by atoms with Crippen LogP contribution in [-0.4, -0.2) is 88.3 Å². The van der Waals surface area contributed by atoms with Gasteiger partial charge >= 0.3 is 0 Å². The second-order valence-corrected chi connectivity index (χ2v) is 13.0.